The number of thiazole rings is 1. The normalized spacial score (nSPS) is 23.7. The monoisotopic (exact) mass is 725 g/mol. The van der Waals surface area contributed by atoms with E-state index in [4.69, 9.17) is 14.0 Å². The number of ether oxygens (including phenoxy) is 2. The third-order valence-corrected chi connectivity index (χ3v) is 9.52. The number of hydrogen-bond acceptors (Lipinski definition) is 12. The Balaban J connectivity index is 1.41. The highest BCUT2D eigenvalue weighted by atomic mass is 32.1. The molecule has 0 spiro atoms. The highest BCUT2D eigenvalue weighted by molar-refractivity contribution is 7.07. The molecule has 2 bridgehead atoms. The van der Waals surface area contributed by atoms with Crippen LogP contribution in [0.4, 0.5) is 0 Å². The average Bonchev–Trinajstić information content (AvgIpc) is 3.89. The number of hydrogen-bond donors (Lipinski definition) is 3. The molecule has 15 nitrogen and oxygen atoms in total. The molecule has 4 atom stereocenters. The second-order valence-corrected chi connectivity index (χ2v) is 14.0. The van der Waals surface area contributed by atoms with Crippen LogP contribution in [0.25, 0.3) is 0 Å². The Kier molecular flexibility index (Phi) is 13.5. The van der Waals surface area contributed by atoms with Crippen molar-refractivity contribution in [1.82, 2.24) is 35.6 Å². The first kappa shape index (κ1) is 37.8. The van der Waals surface area contributed by atoms with E-state index in [1.54, 1.807) is 29.8 Å². The van der Waals surface area contributed by atoms with Crippen LogP contribution in [0, 0.1) is 5.92 Å². The largest absolute Gasteiger partial charge is 0.485 e. The van der Waals surface area contributed by atoms with E-state index in [2.05, 4.69) is 25.8 Å². The molecule has 0 saturated carbocycles. The van der Waals surface area contributed by atoms with Crippen molar-refractivity contribution < 1.29 is 38.3 Å². The molecule has 2 aliphatic rings. The lowest BCUT2D eigenvalue weighted by Gasteiger charge is -2.34. The van der Waals surface area contributed by atoms with Gasteiger partial charge in [0.15, 0.2) is 6.61 Å². The maximum atomic E-state index is 14.2. The topological polar surface area (TPSA) is 189 Å². The highest BCUT2D eigenvalue weighted by Gasteiger charge is 2.44. The number of likely N-dealkylation sites (N-methyl/N-ethyl adjacent to an activating group) is 1. The lowest BCUT2D eigenvalue weighted by atomic mass is 10.0. The molecule has 276 valence electrons. The Morgan fingerprint density at radius 2 is 1.90 bits per heavy atom. The zero-order valence-electron chi connectivity index (χ0n) is 29.3. The third-order valence-electron chi connectivity index (χ3n) is 8.88. The summed E-state index contributed by atoms with van der Waals surface area (Å²) in [6.07, 6.45) is 2.55. The zero-order chi connectivity index (χ0) is 36.3. The molecule has 0 aliphatic carbocycles. The summed E-state index contributed by atoms with van der Waals surface area (Å²) in [6.45, 7) is 4.77. The molecule has 2 aromatic heterocycles. The summed E-state index contributed by atoms with van der Waals surface area (Å²) in [5.74, 6) is -0.827. The van der Waals surface area contributed by atoms with Crippen LogP contribution in [0.5, 0.6) is 5.75 Å². The summed E-state index contributed by atoms with van der Waals surface area (Å²) >= 11 is 1.38. The number of benzene rings is 1. The smallest absolute Gasteiger partial charge is 0.255 e. The van der Waals surface area contributed by atoms with Crippen molar-refractivity contribution in [1.29, 1.82) is 0 Å². The Morgan fingerprint density at radius 1 is 1.08 bits per heavy atom. The Morgan fingerprint density at radius 3 is 2.69 bits per heavy atom. The molecular weight excluding hydrogens is 678 g/mol. The van der Waals surface area contributed by atoms with Gasteiger partial charge in [-0.15, -0.1) is 11.3 Å². The standard InChI is InChI=1S/C35H47N7O8S/c1-22(2)15-26-34(46)42-18-24(43)17-28(42)35(47)41(3)27(16-23-20-51-21-37-23)33(45)36-12-14-48-13-8-4-5-11-31-39-30(40-50-31)19-49-29-10-7-6-9-25(29)32(44)38-26/h6-7,9-10,20-22,24,26-28,43H,4-5,8,11-19H2,1-3H3,(H,36,45)(H,38,44)/t24-,26+,27-,28+/m0/s1. The number of rotatable bonds is 4. The van der Waals surface area contributed by atoms with E-state index in [0.29, 0.717) is 37.0 Å². The minimum absolute atomic E-state index is 0.00182. The average molecular weight is 726 g/mol. The van der Waals surface area contributed by atoms with E-state index >= 15 is 0 Å². The van der Waals surface area contributed by atoms with Crippen LogP contribution in [0.15, 0.2) is 39.7 Å². The van der Waals surface area contributed by atoms with Crippen molar-refractivity contribution in [2.24, 2.45) is 5.92 Å². The molecule has 0 radical (unpaired) electrons. The Bertz CT molecular complexity index is 1620. The van der Waals surface area contributed by atoms with Crippen molar-refractivity contribution in [2.75, 3.05) is 33.4 Å². The Labute approximate surface area is 301 Å². The van der Waals surface area contributed by atoms with Crippen molar-refractivity contribution in [3.63, 3.8) is 0 Å². The van der Waals surface area contributed by atoms with Gasteiger partial charge in [0.25, 0.3) is 5.91 Å². The van der Waals surface area contributed by atoms with Crippen LogP contribution in [-0.2, 0) is 38.6 Å². The fraction of sp³-hybridized carbons (Fsp3) is 0.571. The number of amides is 4. The van der Waals surface area contributed by atoms with Crippen LogP contribution in [0.3, 0.4) is 0 Å². The second kappa shape index (κ2) is 18.2. The summed E-state index contributed by atoms with van der Waals surface area (Å²) in [6, 6.07) is 3.67. The van der Waals surface area contributed by atoms with Gasteiger partial charge in [-0.25, -0.2) is 4.98 Å². The molecule has 5 rings (SSSR count). The number of fused-ring (bicyclic) bond motifs is 4. The quantitative estimate of drug-likeness (QED) is 0.358. The first-order valence-electron chi connectivity index (χ1n) is 17.4. The summed E-state index contributed by atoms with van der Waals surface area (Å²) in [5, 5.41) is 22.3. The van der Waals surface area contributed by atoms with Gasteiger partial charge in [-0.1, -0.05) is 37.6 Å². The van der Waals surface area contributed by atoms with E-state index in [9.17, 15) is 24.3 Å². The second-order valence-electron chi connectivity index (χ2n) is 13.3. The Hall–Kier alpha value is -4.41. The lowest BCUT2D eigenvalue weighted by Crippen LogP contribution is -2.57. The molecule has 4 heterocycles. The van der Waals surface area contributed by atoms with Crippen molar-refractivity contribution in [3.8, 4) is 5.75 Å². The van der Waals surface area contributed by atoms with E-state index < -0.39 is 42.0 Å². The van der Waals surface area contributed by atoms with Crippen LogP contribution in [-0.4, -0.2) is 111 Å². The first-order chi connectivity index (χ1) is 24.6. The first-order valence-corrected chi connectivity index (χ1v) is 18.4. The van der Waals surface area contributed by atoms with E-state index in [1.807, 2.05) is 19.2 Å². The third kappa shape index (κ3) is 10.3. The predicted molar refractivity (Wildman–Crippen MR) is 186 cm³/mol. The molecule has 1 fully saturated rings. The fourth-order valence-electron chi connectivity index (χ4n) is 6.25. The number of aliphatic hydroxyl groups excluding tert-OH is 1. The number of aryl methyl sites for hydroxylation is 1. The molecule has 2 aliphatic heterocycles. The van der Waals surface area contributed by atoms with Gasteiger partial charge in [-0.05, 0) is 37.3 Å². The van der Waals surface area contributed by atoms with Gasteiger partial charge in [0, 0.05) is 51.4 Å². The van der Waals surface area contributed by atoms with Crippen LogP contribution < -0.4 is 15.4 Å². The maximum Gasteiger partial charge on any atom is 0.255 e. The summed E-state index contributed by atoms with van der Waals surface area (Å²) in [4.78, 5) is 67.0. The maximum absolute atomic E-state index is 14.2. The molecule has 0 unspecified atom stereocenters. The van der Waals surface area contributed by atoms with Crippen molar-refractivity contribution in [3.05, 3.63) is 58.1 Å². The van der Waals surface area contributed by atoms with E-state index in [0.717, 1.165) is 19.3 Å². The molecule has 4 amide bonds. The molecule has 1 aromatic carbocycles. The number of aliphatic hydroxyl groups is 1. The summed E-state index contributed by atoms with van der Waals surface area (Å²) in [7, 11) is 1.52. The molecule has 3 aromatic rings. The van der Waals surface area contributed by atoms with Crippen molar-refractivity contribution in [2.45, 2.75) is 89.6 Å². The van der Waals surface area contributed by atoms with Gasteiger partial charge >= 0.3 is 0 Å². The van der Waals surface area contributed by atoms with E-state index in [1.165, 1.54) is 28.2 Å². The predicted octanol–water partition coefficient (Wildman–Crippen LogP) is 2.14. The summed E-state index contributed by atoms with van der Waals surface area (Å²) < 4.78 is 17.1. The molecular formula is C35H47N7O8S. The van der Waals surface area contributed by atoms with E-state index in [-0.39, 0.29) is 62.1 Å². The molecule has 16 heteroatoms. The van der Waals surface area contributed by atoms with Crippen LogP contribution in [0.1, 0.15) is 73.7 Å². The fourth-order valence-corrected chi connectivity index (χ4v) is 6.82. The van der Waals surface area contributed by atoms with Crippen molar-refractivity contribution >= 4 is 35.0 Å². The number of nitrogens with zero attached hydrogens (tertiary/aromatic N) is 5. The van der Waals surface area contributed by atoms with Crippen LogP contribution >= 0.6 is 11.3 Å². The number of aromatic nitrogens is 3. The number of carbonyl (C=O) groups excluding carboxylic acids is 4. The lowest BCUT2D eigenvalue weighted by molar-refractivity contribution is -0.147. The summed E-state index contributed by atoms with van der Waals surface area (Å²) in [5.41, 5.74) is 2.51. The van der Waals surface area contributed by atoms with Gasteiger partial charge < -0.3 is 39.5 Å². The van der Waals surface area contributed by atoms with Crippen LogP contribution in [0.2, 0.25) is 0 Å². The zero-order valence-corrected chi connectivity index (χ0v) is 30.1. The SMILES string of the molecule is CC(C)C[C@H]1NC(=O)c2ccccc2OCc2noc(n2)CCCCCOCCNC(=O)[C@H](Cc2cscn2)N(C)C(=O)[C@H]2C[C@H](O)CN2C1=O. The van der Waals surface area contributed by atoms with Gasteiger partial charge in [0.05, 0.1) is 29.5 Å². The van der Waals surface area contributed by atoms with Gasteiger partial charge in [0.2, 0.25) is 29.4 Å². The number of nitrogens with one attached hydrogen (secondary N) is 2. The number of carbonyl (C=O) groups is 4. The molecule has 1 saturated heterocycles. The molecule has 51 heavy (non-hydrogen) atoms. The number of para-hydroxylation sites is 1. The minimum Gasteiger partial charge on any atom is -0.485 e. The van der Waals surface area contributed by atoms with Gasteiger partial charge in [0.1, 0.15) is 23.9 Å². The minimum atomic E-state index is -1.05. The van der Waals surface area contributed by atoms with Gasteiger partial charge in [-0.2, -0.15) is 4.98 Å². The highest BCUT2D eigenvalue weighted by Crippen LogP contribution is 2.25. The van der Waals surface area contributed by atoms with Gasteiger partial charge in [-0.3, -0.25) is 19.2 Å². The molecule has 3 N–H and O–H groups in total.